The van der Waals surface area contributed by atoms with E-state index in [1.165, 1.54) is 11.3 Å². The molecule has 0 radical (unpaired) electrons. The summed E-state index contributed by atoms with van der Waals surface area (Å²) >= 11 is 1.52. The van der Waals surface area contributed by atoms with Gasteiger partial charge in [-0.15, -0.1) is 11.3 Å². The molecule has 0 unspecified atom stereocenters. The van der Waals surface area contributed by atoms with Gasteiger partial charge >= 0.3 is 0 Å². The topological polar surface area (TPSA) is 53.5 Å². The molecule has 176 valence electrons. The van der Waals surface area contributed by atoms with Crippen molar-refractivity contribution in [1.29, 1.82) is 0 Å². The van der Waals surface area contributed by atoms with Gasteiger partial charge in [0.2, 0.25) is 0 Å². The molecule has 0 spiro atoms. The molecular formula is C31H19N3O2S. The van der Waals surface area contributed by atoms with Gasteiger partial charge in [-0.2, -0.15) is 0 Å². The first-order valence-corrected chi connectivity index (χ1v) is 12.7. The second-order valence-corrected chi connectivity index (χ2v) is 9.87. The highest BCUT2D eigenvalue weighted by Gasteiger charge is 2.34. The minimum Gasteiger partial charge on any atom is -0.305 e. The molecule has 0 atom stereocenters. The van der Waals surface area contributed by atoms with Crippen LogP contribution in [0.25, 0.3) is 6.08 Å². The van der Waals surface area contributed by atoms with Crippen molar-refractivity contribution in [3.8, 4) is 0 Å². The number of hydrogen-bond acceptors (Lipinski definition) is 6. The van der Waals surface area contributed by atoms with Crippen molar-refractivity contribution in [1.82, 2.24) is 4.98 Å². The highest BCUT2D eigenvalue weighted by atomic mass is 32.1. The number of Topliss-reactive ketones (excluding diaryl/α,β-unsaturated/α-hetero) is 2. The van der Waals surface area contributed by atoms with Crippen LogP contribution in [0.15, 0.2) is 115 Å². The third kappa shape index (κ3) is 3.34. The summed E-state index contributed by atoms with van der Waals surface area (Å²) in [5.74, 6) is 0.375. The van der Waals surface area contributed by atoms with Crippen molar-refractivity contribution < 1.29 is 9.59 Å². The Balaban J connectivity index is 1.33. The maximum atomic E-state index is 12.9. The molecule has 1 aliphatic carbocycles. The second-order valence-electron chi connectivity index (χ2n) is 8.78. The molecule has 3 heterocycles. The van der Waals surface area contributed by atoms with E-state index < -0.39 is 0 Å². The maximum absolute atomic E-state index is 12.9. The van der Waals surface area contributed by atoms with E-state index in [2.05, 4.69) is 40.1 Å². The van der Waals surface area contributed by atoms with Gasteiger partial charge < -0.3 is 4.90 Å². The summed E-state index contributed by atoms with van der Waals surface area (Å²) in [7, 11) is 0. The average molecular weight is 498 g/mol. The van der Waals surface area contributed by atoms with Gasteiger partial charge in [0.05, 0.1) is 22.6 Å². The van der Waals surface area contributed by atoms with Crippen LogP contribution in [0, 0.1) is 0 Å². The first kappa shape index (κ1) is 21.5. The molecule has 0 saturated heterocycles. The minimum absolute atomic E-state index is 0.211. The Labute approximate surface area is 217 Å². The fraction of sp³-hybridized carbons (Fsp3) is 0. The first-order chi connectivity index (χ1) is 18.2. The van der Waals surface area contributed by atoms with Crippen LogP contribution in [0.5, 0.6) is 0 Å². The van der Waals surface area contributed by atoms with Crippen LogP contribution in [0.1, 0.15) is 25.6 Å². The summed E-state index contributed by atoms with van der Waals surface area (Å²) < 4.78 is 0. The lowest BCUT2D eigenvalue weighted by molar-refractivity contribution is 0.0990. The van der Waals surface area contributed by atoms with E-state index in [0.717, 1.165) is 38.4 Å². The Bertz CT molecular complexity index is 1650. The number of ketones is 2. The molecule has 2 aromatic heterocycles. The molecule has 1 aliphatic heterocycles. The molecule has 37 heavy (non-hydrogen) atoms. The number of anilines is 6. The number of hydrogen-bond donors (Lipinski definition) is 0. The zero-order valence-electron chi connectivity index (χ0n) is 19.5. The van der Waals surface area contributed by atoms with Crippen LogP contribution in [0.4, 0.5) is 33.6 Å². The third-order valence-corrected chi connectivity index (χ3v) is 7.64. The molecule has 3 aromatic carbocycles. The molecule has 0 fully saturated rings. The number of fused-ring (bicyclic) bond motifs is 3. The smallest absolute Gasteiger partial charge is 0.197 e. The molecule has 0 amide bonds. The Morgan fingerprint density at radius 3 is 1.97 bits per heavy atom. The summed E-state index contributed by atoms with van der Waals surface area (Å²) in [6, 6.07) is 33.5. The molecular weight excluding hydrogens is 478 g/mol. The maximum Gasteiger partial charge on any atom is 0.197 e. The molecule has 7 rings (SSSR count). The van der Waals surface area contributed by atoms with Gasteiger partial charge in [0, 0.05) is 27.9 Å². The number of benzene rings is 3. The van der Waals surface area contributed by atoms with Gasteiger partial charge in [0.25, 0.3) is 0 Å². The molecule has 5 aromatic rings. The van der Waals surface area contributed by atoms with Crippen molar-refractivity contribution in [2.75, 3.05) is 9.80 Å². The third-order valence-electron chi connectivity index (χ3n) is 6.62. The lowest BCUT2D eigenvalue weighted by Crippen LogP contribution is -2.24. The number of para-hydroxylation sites is 3. The number of nitrogens with zero attached hydrogens (tertiary/aromatic N) is 3. The highest BCUT2D eigenvalue weighted by Crippen LogP contribution is 2.54. The largest absolute Gasteiger partial charge is 0.305 e. The Hall–Kier alpha value is -4.81. The van der Waals surface area contributed by atoms with E-state index in [9.17, 15) is 9.59 Å². The van der Waals surface area contributed by atoms with Gasteiger partial charge in [0.1, 0.15) is 5.00 Å². The predicted octanol–water partition coefficient (Wildman–Crippen LogP) is 7.86. The fourth-order valence-corrected chi connectivity index (χ4v) is 5.95. The van der Waals surface area contributed by atoms with Gasteiger partial charge in [0.15, 0.2) is 17.4 Å². The van der Waals surface area contributed by atoms with Gasteiger partial charge in [-0.25, -0.2) is 4.98 Å². The Morgan fingerprint density at radius 1 is 0.622 bits per heavy atom. The molecule has 2 aliphatic rings. The lowest BCUT2D eigenvalue weighted by Gasteiger charge is -2.38. The average Bonchev–Trinajstić information content (AvgIpc) is 3.51. The predicted molar refractivity (Wildman–Crippen MR) is 148 cm³/mol. The van der Waals surface area contributed by atoms with Gasteiger partial charge in [-0.05, 0) is 54.6 Å². The van der Waals surface area contributed by atoms with Crippen LogP contribution in [-0.4, -0.2) is 16.6 Å². The van der Waals surface area contributed by atoms with Crippen LogP contribution < -0.4 is 9.80 Å². The summed E-state index contributed by atoms with van der Waals surface area (Å²) in [5.41, 5.74) is 5.22. The van der Waals surface area contributed by atoms with Crippen molar-refractivity contribution in [2.45, 2.75) is 0 Å². The van der Waals surface area contributed by atoms with Gasteiger partial charge in [-0.1, -0.05) is 54.6 Å². The minimum atomic E-state index is -0.218. The standard InChI is InChI=1S/C31H19N3O2S/c35-29-22-11-4-5-12-23(22)30(36)24(29)19-21-16-17-28(37-21)34-26-14-7-6-13-25(26)33(20-9-2-1-3-10-20)27-15-8-18-32-31(27)34/h1-19H. The Kier molecular flexibility index (Phi) is 4.87. The van der Waals surface area contributed by atoms with Crippen molar-refractivity contribution >= 4 is 62.5 Å². The van der Waals surface area contributed by atoms with Crippen LogP contribution in [0.3, 0.4) is 0 Å². The van der Waals surface area contributed by atoms with Crippen LogP contribution in [-0.2, 0) is 0 Å². The fourth-order valence-electron chi connectivity index (χ4n) is 4.99. The second kappa shape index (κ2) is 8.40. The van der Waals surface area contributed by atoms with E-state index in [1.807, 2.05) is 48.5 Å². The molecule has 6 heteroatoms. The summed E-state index contributed by atoms with van der Waals surface area (Å²) in [6.07, 6.45) is 3.51. The van der Waals surface area contributed by atoms with E-state index in [4.69, 9.17) is 4.98 Å². The number of rotatable bonds is 3. The number of allylic oxidation sites excluding steroid dienone is 1. The van der Waals surface area contributed by atoms with Crippen molar-refractivity contribution in [3.05, 3.63) is 131 Å². The zero-order valence-corrected chi connectivity index (χ0v) is 20.4. The molecule has 0 bridgehead atoms. The normalized spacial score (nSPS) is 13.9. The summed E-state index contributed by atoms with van der Waals surface area (Å²) in [4.78, 5) is 35.8. The number of carbonyl (C=O) groups excluding carboxylic acids is 2. The van der Waals surface area contributed by atoms with Crippen LogP contribution >= 0.6 is 11.3 Å². The van der Waals surface area contributed by atoms with Crippen LogP contribution in [0.2, 0.25) is 0 Å². The summed E-state index contributed by atoms with van der Waals surface area (Å²) in [6.45, 7) is 0. The van der Waals surface area contributed by atoms with E-state index in [0.29, 0.717) is 11.1 Å². The van der Waals surface area contributed by atoms with Gasteiger partial charge in [-0.3, -0.25) is 14.5 Å². The molecule has 5 nitrogen and oxygen atoms in total. The zero-order chi connectivity index (χ0) is 24.9. The monoisotopic (exact) mass is 497 g/mol. The molecule has 0 N–H and O–H groups in total. The van der Waals surface area contributed by atoms with Crippen molar-refractivity contribution in [3.63, 3.8) is 0 Å². The summed E-state index contributed by atoms with van der Waals surface area (Å²) in [5, 5.41) is 0.947. The number of aromatic nitrogens is 1. The number of pyridine rings is 1. The van der Waals surface area contributed by atoms with E-state index in [-0.39, 0.29) is 17.1 Å². The SMILES string of the molecule is O=C1C(=Cc2ccc(N3c4ccccc4N(c4ccccc4)c4cccnc43)s2)C(=O)c2ccccc21. The first-order valence-electron chi connectivity index (χ1n) is 11.9. The van der Waals surface area contributed by atoms with E-state index in [1.54, 1.807) is 36.5 Å². The van der Waals surface area contributed by atoms with E-state index >= 15 is 0 Å². The van der Waals surface area contributed by atoms with Crippen molar-refractivity contribution in [2.24, 2.45) is 0 Å². The quantitative estimate of drug-likeness (QED) is 0.184. The number of carbonyl (C=O) groups is 2. The number of thiophene rings is 1. The highest BCUT2D eigenvalue weighted by molar-refractivity contribution is 7.17. The Morgan fingerprint density at radius 2 is 1.24 bits per heavy atom. The molecule has 0 saturated carbocycles. The lowest BCUT2D eigenvalue weighted by atomic mass is 10.1.